The van der Waals surface area contributed by atoms with Crippen LogP contribution in [0.5, 0.6) is 0 Å². The molecule has 1 heterocycles. The third-order valence-corrected chi connectivity index (χ3v) is 2.82. The number of rotatable bonds is 7. The number of hydrogen-bond acceptors (Lipinski definition) is 7. The molecule has 9 nitrogen and oxygen atoms in total. The maximum absolute atomic E-state index is 11.7. The zero-order chi connectivity index (χ0) is 17.5. The van der Waals surface area contributed by atoms with Crippen LogP contribution in [-0.4, -0.2) is 52.9 Å². The van der Waals surface area contributed by atoms with Gasteiger partial charge >= 0.3 is 12.1 Å². The Hall–Kier alpha value is -2.16. The molecule has 0 aromatic carbocycles. The van der Waals surface area contributed by atoms with Crippen molar-refractivity contribution in [1.29, 1.82) is 0 Å². The maximum Gasteiger partial charge on any atom is 0.407 e. The molecule has 0 saturated carbocycles. The summed E-state index contributed by atoms with van der Waals surface area (Å²) in [5.41, 5.74) is 5.67. The zero-order valence-corrected chi connectivity index (χ0v) is 14.1. The van der Waals surface area contributed by atoms with E-state index in [4.69, 9.17) is 15.2 Å². The molecule has 1 amide bonds. The Balaban J connectivity index is 2.71. The van der Waals surface area contributed by atoms with Crippen LogP contribution in [0.15, 0.2) is 0 Å². The van der Waals surface area contributed by atoms with E-state index in [0.717, 1.165) is 0 Å². The van der Waals surface area contributed by atoms with Gasteiger partial charge in [0.05, 0.1) is 12.8 Å². The number of amides is 1. The van der Waals surface area contributed by atoms with Crippen LogP contribution < -0.4 is 11.1 Å². The molecular formula is C14H25N5O4. The van der Waals surface area contributed by atoms with Crippen molar-refractivity contribution in [3.8, 4) is 0 Å². The molecule has 0 aliphatic rings. The van der Waals surface area contributed by atoms with Crippen LogP contribution >= 0.6 is 0 Å². The van der Waals surface area contributed by atoms with Crippen LogP contribution in [0, 0.1) is 0 Å². The van der Waals surface area contributed by atoms with Crippen molar-refractivity contribution in [3.63, 3.8) is 0 Å². The molecule has 0 bridgehead atoms. The number of methoxy groups -OCH3 is 1. The van der Waals surface area contributed by atoms with Gasteiger partial charge < -0.3 is 20.5 Å². The number of nitrogens with zero attached hydrogens (tertiary/aromatic N) is 3. The molecule has 0 aliphatic carbocycles. The second-order valence-electron chi connectivity index (χ2n) is 5.92. The van der Waals surface area contributed by atoms with Gasteiger partial charge in [-0.05, 0) is 33.7 Å². The Kier molecular flexibility index (Phi) is 6.95. The molecule has 9 heteroatoms. The smallest absolute Gasteiger partial charge is 0.407 e. The first-order valence-corrected chi connectivity index (χ1v) is 7.46. The van der Waals surface area contributed by atoms with Gasteiger partial charge in [-0.2, -0.15) is 0 Å². The second-order valence-corrected chi connectivity index (χ2v) is 5.92. The van der Waals surface area contributed by atoms with Gasteiger partial charge in [0, 0.05) is 19.5 Å². The minimum absolute atomic E-state index is 0.149. The number of nitrogens with two attached hydrogens (primary N) is 1. The number of nitrogens with one attached hydrogen (secondary N) is 1. The Morgan fingerprint density at radius 2 is 2.04 bits per heavy atom. The number of carbonyl (C=O) groups excluding carboxylic acids is 2. The molecule has 1 rings (SSSR count). The summed E-state index contributed by atoms with van der Waals surface area (Å²) in [5.74, 6) is -0.559. The van der Waals surface area contributed by atoms with Gasteiger partial charge in [0.1, 0.15) is 5.60 Å². The molecular weight excluding hydrogens is 302 g/mol. The zero-order valence-electron chi connectivity index (χ0n) is 14.1. The lowest BCUT2D eigenvalue weighted by molar-refractivity contribution is 0.0528. The monoisotopic (exact) mass is 327 g/mol. The van der Waals surface area contributed by atoms with E-state index >= 15 is 0 Å². The molecule has 0 fully saturated rings. The fraction of sp³-hybridized carbons (Fsp3) is 0.714. The first-order valence-electron chi connectivity index (χ1n) is 7.46. The average molecular weight is 327 g/mol. The summed E-state index contributed by atoms with van der Waals surface area (Å²) in [6, 6.07) is 0. The third kappa shape index (κ3) is 6.23. The quantitative estimate of drug-likeness (QED) is 0.698. The summed E-state index contributed by atoms with van der Waals surface area (Å²) < 4.78 is 11.5. The Morgan fingerprint density at radius 3 is 2.61 bits per heavy atom. The fourth-order valence-electron chi connectivity index (χ4n) is 1.85. The van der Waals surface area contributed by atoms with E-state index in [2.05, 4.69) is 15.6 Å². The predicted molar refractivity (Wildman–Crippen MR) is 83.0 cm³/mol. The van der Waals surface area contributed by atoms with Crippen molar-refractivity contribution in [1.82, 2.24) is 20.3 Å². The molecule has 23 heavy (non-hydrogen) atoms. The minimum atomic E-state index is -0.564. The normalized spacial score (nSPS) is 11.2. The van der Waals surface area contributed by atoms with Gasteiger partial charge in [0.25, 0.3) is 0 Å². The standard InChI is InChI=1S/C14H25N5O4/c1-14(2,3)23-13(21)16-8-6-10-11(12(20)22-4)17-18-19(10)9-5-7-15/h5-9,15H2,1-4H3,(H,16,21). The number of carbonyl (C=O) groups is 2. The fourth-order valence-corrected chi connectivity index (χ4v) is 1.85. The number of alkyl carbamates (subject to hydrolysis) is 1. The van der Waals surface area contributed by atoms with Gasteiger partial charge in [-0.1, -0.05) is 5.21 Å². The number of esters is 1. The van der Waals surface area contributed by atoms with E-state index in [9.17, 15) is 9.59 Å². The second kappa shape index (κ2) is 8.47. The van der Waals surface area contributed by atoms with Crippen molar-refractivity contribution in [2.24, 2.45) is 5.73 Å². The SMILES string of the molecule is COC(=O)c1nnn(CCCN)c1CCNC(=O)OC(C)(C)C. The molecule has 0 spiro atoms. The Bertz CT molecular complexity index is 536. The van der Waals surface area contributed by atoms with E-state index in [1.165, 1.54) is 7.11 Å². The Morgan fingerprint density at radius 1 is 1.35 bits per heavy atom. The lowest BCUT2D eigenvalue weighted by Crippen LogP contribution is -2.34. The molecule has 1 aromatic rings. The predicted octanol–water partition coefficient (Wildman–Crippen LogP) is 0.481. The highest BCUT2D eigenvalue weighted by Gasteiger charge is 2.21. The van der Waals surface area contributed by atoms with Gasteiger partial charge in [-0.15, -0.1) is 5.10 Å². The number of aromatic nitrogens is 3. The van der Waals surface area contributed by atoms with Crippen molar-refractivity contribution >= 4 is 12.1 Å². The first-order chi connectivity index (χ1) is 10.8. The molecule has 0 aliphatic heterocycles. The maximum atomic E-state index is 11.7. The van der Waals surface area contributed by atoms with Crippen LogP contribution in [0.4, 0.5) is 4.79 Å². The van der Waals surface area contributed by atoms with Crippen LogP contribution in [0.2, 0.25) is 0 Å². The van der Waals surface area contributed by atoms with Gasteiger partial charge in [-0.3, -0.25) is 0 Å². The topological polar surface area (TPSA) is 121 Å². The van der Waals surface area contributed by atoms with E-state index in [1.807, 2.05) is 0 Å². The average Bonchev–Trinajstić information content (AvgIpc) is 2.85. The molecule has 130 valence electrons. The van der Waals surface area contributed by atoms with Gasteiger partial charge in [-0.25, -0.2) is 14.3 Å². The molecule has 0 unspecified atom stereocenters. The third-order valence-electron chi connectivity index (χ3n) is 2.82. The van der Waals surface area contributed by atoms with E-state index in [0.29, 0.717) is 31.6 Å². The highest BCUT2D eigenvalue weighted by atomic mass is 16.6. The molecule has 1 aromatic heterocycles. The van der Waals surface area contributed by atoms with Crippen LogP contribution in [0.1, 0.15) is 43.4 Å². The molecule has 0 atom stereocenters. The minimum Gasteiger partial charge on any atom is -0.464 e. The van der Waals surface area contributed by atoms with Crippen molar-refractivity contribution in [3.05, 3.63) is 11.4 Å². The number of aryl methyl sites for hydroxylation is 1. The molecule has 0 saturated heterocycles. The highest BCUT2D eigenvalue weighted by molar-refractivity contribution is 5.88. The van der Waals surface area contributed by atoms with Crippen LogP contribution in [-0.2, 0) is 22.4 Å². The highest BCUT2D eigenvalue weighted by Crippen LogP contribution is 2.09. The lowest BCUT2D eigenvalue weighted by Gasteiger charge is -2.19. The summed E-state index contributed by atoms with van der Waals surface area (Å²) >= 11 is 0. The molecule has 0 radical (unpaired) electrons. The van der Waals surface area contributed by atoms with Crippen LogP contribution in [0.3, 0.4) is 0 Å². The van der Waals surface area contributed by atoms with E-state index in [-0.39, 0.29) is 12.2 Å². The van der Waals surface area contributed by atoms with E-state index < -0.39 is 17.7 Å². The number of ether oxygens (including phenoxy) is 2. The summed E-state index contributed by atoms with van der Waals surface area (Å²) in [6.45, 7) is 6.69. The number of hydrogen-bond donors (Lipinski definition) is 2. The van der Waals surface area contributed by atoms with Crippen molar-refractivity contribution in [2.75, 3.05) is 20.2 Å². The first kappa shape index (κ1) is 18.9. The van der Waals surface area contributed by atoms with Crippen LogP contribution in [0.25, 0.3) is 0 Å². The van der Waals surface area contributed by atoms with Crippen molar-refractivity contribution in [2.45, 2.75) is 45.8 Å². The Labute approximate surface area is 135 Å². The molecule has 3 N–H and O–H groups in total. The van der Waals surface area contributed by atoms with Gasteiger partial charge in [0.2, 0.25) is 0 Å². The van der Waals surface area contributed by atoms with E-state index in [1.54, 1.807) is 25.5 Å². The van der Waals surface area contributed by atoms with Crippen molar-refractivity contribution < 1.29 is 19.1 Å². The summed E-state index contributed by atoms with van der Waals surface area (Å²) in [5, 5.41) is 10.4. The summed E-state index contributed by atoms with van der Waals surface area (Å²) in [7, 11) is 1.28. The lowest BCUT2D eigenvalue weighted by atomic mass is 10.2. The summed E-state index contributed by atoms with van der Waals surface area (Å²) in [6.07, 6.45) is 0.565. The summed E-state index contributed by atoms with van der Waals surface area (Å²) in [4.78, 5) is 23.4. The van der Waals surface area contributed by atoms with Gasteiger partial charge in [0.15, 0.2) is 5.69 Å². The largest absolute Gasteiger partial charge is 0.464 e.